The van der Waals surface area contributed by atoms with E-state index in [9.17, 15) is 24.3 Å². The van der Waals surface area contributed by atoms with Gasteiger partial charge in [0, 0.05) is 59.8 Å². The Bertz CT molecular complexity index is 4860. The Labute approximate surface area is 556 Å². The van der Waals surface area contributed by atoms with Crippen LogP contribution in [-0.4, -0.2) is 104 Å². The number of rotatable bonds is 10. The summed E-state index contributed by atoms with van der Waals surface area (Å²) >= 11 is 3.33. The molecule has 0 aliphatic heterocycles. The zero-order valence-electron chi connectivity index (χ0n) is 50.5. The van der Waals surface area contributed by atoms with Gasteiger partial charge in [-0.1, -0.05) is 125 Å². The third-order valence-electron chi connectivity index (χ3n) is 14.6. The molecule has 20 nitrogen and oxygen atoms in total. The number of aromatic carboxylic acids is 1. The summed E-state index contributed by atoms with van der Waals surface area (Å²) in [4.78, 5) is 60.1. The van der Waals surface area contributed by atoms with Crippen LogP contribution in [0.3, 0.4) is 0 Å². The van der Waals surface area contributed by atoms with E-state index in [2.05, 4.69) is 88.5 Å². The van der Waals surface area contributed by atoms with Crippen LogP contribution in [0.4, 0.5) is 0 Å². The summed E-state index contributed by atoms with van der Waals surface area (Å²) in [5.41, 5.74) is 24.1. The fourth-order valence-electron chi connectivity index (χ4n) is 10.3. The Morgan fingerprint density at radius 2 is 0.707 bits per heavy atom. The second-order valence-corrected chi connectivity index (χ2v) is 21.5. The Balaban J connectivity index is 0.000000147. The predicted octanol–water partition coefficient (Wildman–Crippen LogP) is 11.3. The minimum Gasteiger partial charge on any atom is -0.870 e. The van der Waals surface area contributed by atoms with Crippen LogP contribution < -0.4 is 35.3 Å². The number of amides is 1. The second kappa shape index (κ2) is 29.2. The minimum absolute atomic E-state index is 0. The zero-order chi connectivity index (χ0) is 63.0. The van der Waals surface area contributed by atoms with E-state index in [1.54, 1.807) is 0 Å². The normalized spacial score (nSPS) is 10.6. The Kier molecular flexibility index (Phi) is 20.8. The number of H-pyrrole nitrogens is 4. The average Bonchev–Trinajstić information content (AvgIpc) is 1.39. The van der Waals surface area contributed by atoms with E-state index in [1.165, 1.54) is 14.2 Å². The SMILES string of the molecule is COC(=O)c1n[nH]c2ccc(-c3ccccc3-c3cccc(C)n3)cc12.COC(=O)c1n[nH]c2ccc(Br)cc12.Cc1cccc(-c2ccccc2-c2ccc3[nH]nc(C(=O)O)c3c2)n1.Cc1cccc(-c2ccccc2-c2ccc3[nH]nc(C(N)=O)c3c2)n1.[Na+].[OH-]. The summed E-state index contributed by atoms with van der Waals surface area (Å²) in [6, 6.07) is 65.0. The Morgan fingerprint density at radius 1 is 0.402 bits per heavy atom. The van der Waals surface area contributed by atoms with Gasteiger partial charge in [-0.2, -0.15) is 20.4 Å². The van der Waals surface area contributed by atoms with Crippen molar-refractivity contribution >= 4 is 83.4 Å². The molecule has 0 radical (unpaired) electrons. The van der Waals surface area contributed by atoms with Gasteiger partial charge in [0.25, 0.3) is 5.91 Å². The number of ether oxygens (including phenoxy) is 2. The molecule has 0 atom stereocenters. The number of hydrogen-bond donors (Lipinski definition) is 6. The molecular weight excluding hydrogens is 1240 g/mol. The monoisotopic (exact) mass is 1290 g/mol. The van der Waals surface area contributed by atoms with Crippen LogP contribution in [0.1, 0.15) is 59.0 Å². The summed E-state index contributed by atoms with van der Waals surface area (Å²) in [5, 5.41) is 39.2. The first kappa shape index (κ1) is 65.6. The number of fused-ring (bicyclic) bond motifs is 4. The van der Waals surface area contributed by atoms with Gasteiger partial charge in [-0.15, -0.1) is 0 Å². The van der Waals surface area contributed by atoms with Crippen LogP contribution in [0.25, 0.3) is 111 Å². The van der Waals surface area contributed by atoms with Gasteiger partial charge in [0.2, 0.25) is 0 Å². The van der Waals surface area contributed by atoms with Crippen molar-refractivity contribution in [2.24, 2.45) is 5.73 Å². The fraction of sp³-hybridized carbons (Fsp3) is 0.0714. The molecule has 14 rings (SSSR count). The van der Waals surface area contributed by atoms with E-state index in [4.69, 9.17) is 10.5 Å². The van der Waals surface area contributed by atoms with Crippen molar-refractivity contribution in [1.82, 2.24) is 55.7 Å². The number of halogens is 1. The molecule has 22 heteroatoms. The number of aryl methyl sites for hydroxylation is 3. The summed E-state index contributed by atoms with van der Waals surface area (Å²) in [6.07, 6.45) is 0. The number of carbonyl (C=O) groups excluding carboxylic acids is 3. The van der Waals surface area contributed by atoms with Gasteiger partial charge in [-0.05, 0) is 145 Å². The number of aromatic nitrogens is 11. The Morgan fingerprint density at radius 3 is 1.04 bits per heavy atom. The number of carboxylic acids is 1. The van der Waals surface area contributed by atoms with Crippen LogP contribution in [0.5, 0.6) is 0 Å². The standard InChI is InChI=1S/C21H17N3O2.C20H16N4O.C20H15N3O2.C9H7BrN2O2.Na.H2O/c1-13-6-5-9-18(22-13)16-8-4-3-7-15(16)14-10-11-19-17(12-14)20(24-23-19)21(25)26-2;1-12-5-4-8-17(22-12)15-7-3-2-6-14(15)13-9-10-18-16(11-13)19(20(21)25)24-23-18;1-12-5-4-8-17(21-12)15-7-3-2-6-14(15)13-9-10-18-16(11-13)19(20(24)25)23-22-18;1-14-9(13)8-6-4-5(10)2-3-7(6)11-12-8;;/h3-12H,1-2H3,(H,23,24);2-11H,1H3,(H2,21,25)(H,23,24);2-11H,1H3,(H,22,23)(H,24,25);2-4H,1H3,(H,11,12);;1H2/q;;;;+1;/p-1. The molecule has 0 bridgehead atoms. The first-order chi connectivity index (χ1) is 43.7. The van der Waals surface area contributed by atoms with Crippen LogP contribution in [0, 0.1) is 20.8 Å². The van der Waals surface area contributed by atoms with Crippen LogP contribution in [0.15, 0.2) is 205 Å². The van der Waals surface area contributed by atoms with E-state index in [0.717, 1.165) is 121 Å². The van der Waals surface area contributed by atoms with Crippen molar-refractivity contribution in [2.45, 2.75) is 20.8 Å². The van der Waals surface area contributed by atoms with Crippen molar-refractivity contribution in [3.8, 4) is 67.2 Å². The molecule has 7 aromatic heterocycles. The van der Waals surface area contributed by atoms with Gasteiger partial charge in [0.1, 0.15) is 0 Å². The molecule has 92 heavy (non-hydrogen) atoms. The number of hydrogen-bond acceptors (Lipinski definition) is 14. The largest absolute Gasteiger partial charge is 1.00 e. The number of pyridine rings is 3. The molecule has 0 saturated heterocycles. The van der Waals surface area contributed by atoms with Gasteiger partial charge in [-0.25, -0.2) is 14.4 Å². The van der Waals surface area contributed by atoms with Gasteiger partial charge < -0.3 is 25.8 Å². The van der Waals surface area contributed by atoms with Crippen molar-refractivity contribution in [3.63, 3.8) is 0 Å². The fourth-order valence-corrected chi connectivity index (χ4v) is 10.7. The van der Waals surface area contributed by atoms with Gasteiger partial charge in [-0.3, -0.25) is 40.1 Å². The van der Waals surface area contributed by atoms with E-state index >= 15 is 0 Å². The van der Waals surface area contributed by atoms with Crippen molar-refractivity contribution in [1.29, 1.82) is 0 Å². The molecule has 0 aliphatic rings. The molecule has 8 N–H and O–H groups in total. The number of benzene rings is 7. The quantitative estimate of drug-likeness (QED) is 0.0548. The first-order valence-electron chi connectivity index (χ1n) is 28.0. The maximum Gasteiger partial charge on any atom is 1.00 e. The van der Waals surface area contributed by atoms with Crippen LogP contribution in [-0.2, 0) is 9.47 Å². The predicted molar refractivity (Wildman–Crippen MR) is 352 cm³/mol. The molecule has 0 unspecified atom stereocenters. The molecule has 7 aromatic carbocycles. The van der Waals surface area contributed by atoms with E-state index in [0.29, 0.717) is 16.6 Å². The van der Waals surface area contributed by atoms with Crippen molar-refractivity contribution < 1.29 is 68.8 Å². The summed E-state index contributed by atoms with van der Waals surface area (Å²) < 4.78 is 10.3. The van der Waals surface area contributed by atoms with Gasteiger partial charge in [0.15, 0.2) is 22.8 Å². The van der Waals surface area contributed by atoms with Crippen molar-refractivity contribution in [2.75, 3.05) is 14.2 Å². The molecule has 14 aromatic rings. The molecule has 452 valence electrons. The van der Waals surface area contributed by atoms with E-state index < -0.39 is 23.8 Å². The maximum atomic E-state index is 11.9. The Hall–Kier alpha value is -10.8. The zero-order valence-corrected chi connectivity index (χ0v) is 54.1. The summed E-state index contributed by atoms with van der Waals surface area (Å²) in [7, 11) is 2.69. The number of nitrogens with two attached hydrogens (primary N) is 1. The maximum absolute atomic E-state index is 11.9. The molecule has 0 fully saturated rings. The second-order valence-electron chi connectivity index (χ2n) is 20.5. The van der Waals surface area contributed by atoms with E-state index in [1.807, 2.05) is 209 Å². The minimum atomic E-state index is -1.04. The number of nitrogens with zero attached hydrogens (tertiary/aromatic N) is 7. The third kappa shape index (κ3) is 14.3. The molecule has 0 spiro atoms. The van der Waals surface area contributed by atoms with Crippen LogP contribution in [0.2, 0.25) is 0 Å². The van der Waals surface area contributed by atoms with Crippen LogP contribution >= 0.6 is 15.9 Å². The average molecular weight is 1300 g/mol. The first-order valence-corrected chi connectivity index (χ1v) is 28.8. The number of esters is 2. The third-order valence-corrected chi connectivity index (χ3v) is 15.1. The molecule has 0 saturated carbocycles. The van der Waals surface area contributed by atoms with E-state index in [-0.39, 0.29) is 52.1 Å². The van der Waals surface area contributed by atoms with Gasteiger partial charge in [0.05, 0.1) is 53.4 Å². The number of primary amides is 1. The number of carboxylic acid groups (broad SMARTS) is 1. The number of methoxy groups -OCH3 is 2. The number of nitrogens with one attached hydrogen (secondary N) is 4. The van der Waals surface area contributed by atoms with Crippen molar-refractivity contribution in [3.05, 3.63) is 245 Å². The number of aromatic amines is 4. The molecule has 7 heterocycles. The van der Waals surface area contributed by atoms with Gasteiger partial charge >= 0.3 is 47.5 Å². The molecular formula is C70H56BrN12NaO8. The topological polar surface area (TPSA) is 316 Å². The molecule has 1 amide bonds. The number of carbonyl (C=O) groups is 4. The summed E-state index contributed by atoms with van der Waals surface area (Å²) in [5.74, 6) is -2.48. The molecule has 0 aliphatic carbocycles. The summed E-state index contributed by atoms with van der Waals surface area (Å²) in [6.45, 7) is 5.91. The smallest absolute Gasteiger partial charge is 0.870 e.